The number of nitrogens with zero attached hydrogens (tertiary/aromatic N) is 2. The van der Waals surface area contributed by atoms with Crippen molar-refractivity contribution in [2.75, 3.05) is 38.1 Å². The minimum atomic E-state index is -0.509. The maximum atomic E-state index is 12.7. The van der Waals surface area contributed by atoms with Crippen LogP contribution in [0.4, 0.5) is 5.69 Å². The molecular weight excluding hydrogens is 386 g/mol. The quantitative estimate of drug-likeness (QED) is 0.630. The average Bonchev–Trinajstić information content (AvgIpc) is 2.82. The molecule has 31 heavy (non-hydrogen) atoms. The van der Waals surface area contributed by atoms with Crippen molar-refractivity contribution < 1.29 is 9.53 Å². The van der Waals surface area contributed by atoms with Crippen molar-refractivity contribution in [1.82, 2.24) is 10.2 Å². The molecule has 5 nitrogen and oxygen atoms in total. The Kier molecular flexibility index (Phi) is 6.73. The lowest BCUT2D eigenvalue weighted by Crippen LogP contribution is -2.44. The third-order valence-corrected chi connectivity index (χ3v) is 5.93. The summed E-state index contributed by atoms with van der Waals surface area (Å²) < 4.78 is 6.01. The molecule has 3 aromatic carbocycles. The second-order valence-corrected chi connectivity index (χ2v) is 8.20. The van der Waals surface area contributed by atoms with Crippen LogP contribution in [-0.2, 0) is 11.3 Å². The van der Waals surface area contributed by atoms with E-state index in [4.69, 9.17) is 4.74 Å². The number of rotatable bonds is 7. The van der Waals surface area contributed by atoms with E-state index < -0.39 is 6.10 Å². The number of amides is 1. The van der Waals surface area contributed by atoms with Gasteiger partial charge in [-0.1, -0.05) is 49.4 Å². The highest BCUT2D eigenvalue weighted by atomic mass is 16.5. The van der Waals surface area contributed by atoms with E-state index in [1.165, 1.54) is 5.69 Å². The van der Waals surface area contributed by atoms with E-state index in [9.17, 15) is 4.79 Å². The number of anilines is 1. The van der Waals surface area contributed by atoms with E-state index in [-0.39, 0.29) is 5.91 Å². The van der Waals surface area contributed by atoms with E-state index in [0.29, 0.717) is 13.0 Å². The smallest absolute Gasteiger partial charge is 0.261 e. The highest BCUT2D eigenvalue weighted by molar-refractivity contribution is 5.84. The Hall–Kier alpha value is -3.05. The largest absolute Gasteiger partial charge is 0.481 e. The maximum Gasteiger partial charge on any atom is 0.261 e. The summed E-state index contributed by atoms with van der Waals surface area (Å²) in [4.78, 5) is 17.5. The molecule has 0 radical (unpaired) electrons. The van der Waals surface area contributed by atoms with Crippen LogP contribution in [0.5, 0.6) is 5.75 Å². The van der Waals surface area contributed by atoms with Crippen molar-refractivity contribution in [3.63, 3.8) is 0 Å². The first-order valence-corrected chi connectivity index (χ1v) is 11.1. The van der Waals surface area contributed by atoms with Gasteiger partial charge >= 0.3 is 0 Å². The van der Waals surface area contributed by atoms with Gasteiger partial charge in [-0.15, -0.1) is 0 Å². The third kappa shape index (κ3) is 5.36. The standard InChI is InChI=1S/C26H31N3O2/c1-3-25(31-24-13-10-21-6-4-5-7-22(21)18-24)26(30)27-19-20-8-11-23(12-9-20)29-16-14-28(2)15-17-29/h4-13,18,25H,3,14-17,19H2,1-2H3,(H,27,30)/t25-/m1/s1. The molecule has 1 aliphatic rings. The number of nitrogens with one attached hydrogen (secondary N) is 1. The van der Waals surface area contributed by atoms with Gasteiger partial charge in [0, 0.05) is 38.4 Å². The SMILES string of the molecule is CC[C@@H](Oc1ccc2ccccc2c1)C(=O)NCc1ccc(N2CCN(C)CC2)cc1. The zero-order valence-corrected chi connectivity index (χ0v) is 18.4. The van der Waals surface area contributed by atoms with Crippen molar-refractivity contribution in [1.29, 1.82) is 0 Å². The van der Waals surface area contributed by atoms with E-state index >= 15 is 0 Å². The number of carbonyl (C=O) groups excluding carboxylic acids is 1. The highest BCUT2D eigenvalue weighted by Crippen LogP contribution is 2.22. The zero-order chi connectivity index (χ0) is 21.6. The van der Waals surface area contributed by atoms with E-state index in [2.05, 4.69) is 58.6 Å². The molecule has 1 N–H and O–H groups in total. The number of ether oxygens (including phenoxy) is 1. The molecule has 0 aromatic heterocycles. The molecule has 0 unspecified atom stereocenters. The fourth-order valence-electron chi connectivity index (χ4n) is 3.92. The van der Waals surface area contributed by atoms with E-state index in [0.717, 1.165) is 48.3 Å². The van der Waals surface area contributed by atoms with Crippen molar-refractivity contribution >= 4 is 22.4 Å². The molecular formula is C26H31N3O2. The van der Waals surface area contributed by atoms with E-state index in [1.54, 1.807) is 0 Å². The Morgan fingerprint density at radius 2 is 1.68 bits per heavy atom. The monoisotopic (exact) mass is 417 g/mol. The summed E-state index contributed by atoms with van der Waals surface area (Å²) in [5.74, 6) is 0.635. The Morgan fingerprint density at radius 1 is 0.968 bits per heavy atom. The number of carbonyl (C=O) groups is 1. The van der Waals surface area contributed by atoms with Crippen molar-refractivity contribution in [3.8, 4) is 5.75 Å². The number of hydrogen-bond donors (Lipinski definition) is 1. The van der Waals surface area contributed by atoms with Crippen LogP contribution >= 0.6 is 0 Å². The molecule has 0 saturated carbocycles. The van der Waals surface area contributed by atoms with Gasteiger partial charge in [-0.25, -0.2) is 0 Å². The summed E-state index contributed by atoms with van der Waals surface area (Å²) in [5, 5.41) is 5.29. The molecule has 0 spiro atoms. The molecule has 162 valence electrons. The Morgan fingerprint density at radius 3 is 2.39 bits per heavy atom. The summed E-state index contributed by atoms with van der Waals surface area (Å²) in [5.41, 5.74) is 2.33. The predicted octanol–water partition coefficient (Wildman–Crippen LogP) is 4.07. The number of fused-ring (bicyclic) bond motifs is 1. The van der Waals surface area contributed by atoms with Crippen molar-refractivity contribution in [3.05, 3.63) is 72.3 Å². The molecule has 1 aliphatic heterocycles. The first-order valence-electron chi connectivity index (χ1n) is 11.1. The fourth-order valence-corrected chi connectivity index (χ4v) is 3.92. The van der Waals surface area contributed by atoms with Crippen LogP contribution in [0, 0.1) is 0 Å². The van der Waals surface area contributed by atoms with Gasteiger partial charge in [0.2, 0.25) is 0 Å². The topological polar surface area (TPSA) is 44.8 Å². The van der Waals surface area contributed by atoms with Crippen molar-refractivity contribution in [2.24, 2.45) is 0 Å². The molecule has 4 rings (SSSR count). The zero-order valence-electron chi connectivity index (χ0n) is 18.4. The van der Waals surface area contributed by atoms with Crippen LogP contribution in [0.2, 0.25) is 0 Å². The van der Waals surface area contributed by atoms with Crippen LogP contribution in [-0.4, -0.2) is 50.1 Å². The summed E-state index contributed by atoms with van der Waals surface area (Å²) >= 11 is 0. The van der Waals surface area contributed by atoms with Gasteiger partial charge in [0.1, 0.15) is 5.75 Å². The third-order valence-electron chi connectivity index (χ3n) is 5.93. The number of hydrogen-bond acceptors (Lipinski definition) is 4. The molecule has 1 atom stereocenters. The second-order valence-electron chi connectivity index (χ2n) is 8.20. The molecule has 1 saturated heterocycles. The Labute approximate surface area is 184 Å². The van der Waals surface area contributed by atoms with Gasteiger partial charge in [0.25, 0.3) is 5.91 Å². The molecule has 0 bridgehead atoms. The summed E-state index contributed by atoms with van der Waals surface area (Å²) in [6.07, 6.45) is 0.104. The summed E-state index contributed by atoms with van der Waals surface area (Å²) in [7, 11) is 2.16. The average molecular weight is 418 g/mol. The minimum absolute atomic E-state index is 0.0844. The van der Waals surface area contributed by atoms with Crippen LogP contribution in [0.15, 0.2) is 66.7 Å². The number of piperazine rings is 1. The predicted molar refractivity (Wildman–Crippen MR) is 127 cm³/mol. The summed E-state index contributed by atoms with van der Waals surface area (Å²) in [6, 6.07) is 22.6. The minimum Gasteiger partial charge on any atom is -0.481 e. The fraction of sp³-hybridized carbons (Fsp3) is 0.346. The first kappa shape index (κ1) is 21.2. The molecule has 0 aliphatic carbocycles. The van der Waals surface area contributed by atoms with Crippen LogP contribution in [0.1, 0.15) is 18.9 Å². The summed E-state index contributed by atoms with van der Waals surface area (Å²) in [6.45, 7) is 6.75. The molecule has 1 amide bonds. The number of likely N-dealkylation sites (N-methyl/N-ethyl adjacent to an activating group) is 1. The van der Waals surface area contributed by atoms with Crippen LogP contribution in [0.25, 0.3) is 10.8 Å². The first-order chi connectivity index (χ1) is 15.1. The lowest BCUT2D eigenvalue weighted by atomic mass is 10.1. The van der Waals surface area contributed by atoms with Gasteiger partial charge in [-0.3, -0.25) is 4.79 Å². The second kappa shape index (κ2) is 9.84. The maximum absolute atomic E-state index is 12.7. The lowest BCUT2D eigenvalue weighted by molar-refractivity contribution is -0.128. The van der Waals surface area contributed by atoms with Gasteiger partial charge in [-0.05, 0) is 54.1 Å². The normalized spacial score (nSPS) is 15.6. The lowest BCUT2D eigenvalue weighted by Gasteiger charge is -2.34. The van der Waals surface area contributed by atoms with Gasteiger partial charge in [-0.2, -0.15) is 0 Å². The Balaban J connectivity index is 1.32. The van der Waals surface area contributed by atoms with Gasteiger partial charge < -0.3 is 19.9 Å². The molecule has 5 heteroatoms. The Bertz CT molecular complexity index is 1010. The molecule has 3 aromatic rings. The number of benzene rings is 3. The van der Waals surface area contributed by atoms with Crippen LogP contribution in [0.3, 0.4) is 0 Å². The van der Waals surface area contributed by atoms with Gasteiger partial charge in [0.15, 0.2) is 6.10 Å². The van der Waals surface area contributed by atoms with Crippen molar-refractivity contribution in [2.45, 2.75) is 26.0 Å². The molecule has 1 heterocycles. The molecule has 1 fully saturated rings. The van der Waals surface area contributed by atoms with E-state index in [1.807, 2.05) is 37.3 Å². The van der Waals surface area contributed by atoms with Crippen LogP contribution < -0.4 is 15.0 Å². The highest BCUT2D eigenvalue weighted by Gasteiger charge is 2.18. The van der Waals surface area contributed by atoms with Gasteiger partial charge in [0.05, 0.1) is 0 Å².